The van der Waals surface area contributed by atoms with Crippen molar-refractivity contribution in [3.05, 3.63) is 29.8 Å². The summed E-state index contributed by atoms with van der Waals surface area (Å²) >= 11 is 4.25. The fraction of sp³-hybridized carbons (Fsp3) is 0.300. The van der Waals surface area contributed by atoms with Crippen molar-refractivity contribution >= 4 is 17.2 Å². The van der Waals surface area contributed by atoms with Crippen LogP contribution in [0.2, 0.25) is 0 Å². The lowest BCUT2D eigenvalue weighted by Crippen LogP contribution is -2.38. The van der Waals surface area contributed by atoms with Crippen LogP contribution in [0.4, 0.5) is 22.0 Å². The minimum absolute atomic E-state index is 0.625. The van der Waals surface area contributed by atoms with Gasteiger partial charge in [-0.2, -0.15) is 13.2 Å². The van der Waals surface area contributed by atoms with Gasteiger partial charge in [0.1, 0.15) is 18.3 Å². The van der Waals surface area contributed by atoms with Crippen molar-refractivity contribution in [2.75, 3.05) is 6.61 Å². The van der Waals surface area contributed by atoms with E-state index in [4.69, 9.17) is 5.73 Å². The van der Waals surface area contributed by atoms with Gasteiger partial charge in [0.25, 0.3) is 0 Å². The van der Waals surface area contributed by atoms with Crippen LogP contribution >= 0.6 is 12.2 Å². The molecule has 0 radical (unpaired) electrons. The van der Waals surface area contributed by atoms with Gasteiger partial charge in [-0.15, -0.1) is 0 Å². The van der Waals surface area contributed by atoms with Crippen LogP contribution in [0.15, 0.2) is 18.2 Å². The summed E-state index contributed by atoms with van der Waals surface area (Å²) < 4.78 is 67.7. The average Bonchev–Trinajstić information content (AvgIpc) is 2.20. The van der Waals surface area contributed by atoms with Gasteiger partial charge in [-0.1, -0.05) is 12.2 Å². The molecular formula is C10H8F5NOS. The third kappa shape index (κ3) is 3.80. The summed E-state index contributed by atoms with van der Waals surface area (Å²) in [6.45, 7) is -1.00. The highest BCUT2D eigenvalue weighted by Crippen LogP contribution is 2.28. The van der Waals surface area contributed by atoms with Crippen molar-refractivity contribution in [2.24, 2.45) is 11.7 Å². The molecule has 18 heavy (non-hydrogen) atoms. The molecule has 0 saturated carbocycles. The van der Waals surface area contributed by atoms with Gasteiger partial charge < -0.3 is 10.5 Å². The smallest absolute Gasteiger partial charge is 0.401 e. The average molecular weight is 285 g/mol. The van der Waals surface area contributed by atoms with Crippen molar-refractivity contribution in [3.63, 3.8) is 0 Å². The number of nitrogens with two attached hydrogens (primary N) is 1. The van der Waals surface area contributed by atoms with E-state index in [1.54, 1.807) is 0 Å². The van der Waals surface area contributed by atoms with Crippen molar-refractivity contribution in [1.29, 1.82) is 0 Å². The Balaban J connectivity index is 2.79. The van der Waals surface area contributed by atoms with E-state index in [-0.39, 0.29) is 0 Å². The van der Waals surface area contributed by atoms with Crippen LogP contribution in [0.3, 0.4) is 0 Å². The first kappa shape index (κ1) is 14.6. The summed E-state index contributed by atoms with van der Waals surface area (Å²) in [5.74, 6) is -4.64. The first-order valence-electron chi connectivity index (χ1n) is 4.65. The highest BCUT2D eigenvalue weighted by molar-refractivity contribution is 7.80. The number of benzene rings is 1. The quantitative estimate of drug-likeness (QED) is 0.682. The SMILES string of the molecule is NC(=S)C(COc1cc(F)ccc1F)C(F)(F)F. The van der Waals surface area contributed by atoms with Crippen molar-refractivity contribution in [1.82, 2.24) is 0 Å². The Kier molecular flexibility index (Phi) is 4.44. The van der Waals surface area contributed by atoms with Gasteiger partial charge in [-0.25, -0.2) is 8.78 Å². The van der Waals surface area contributed by atoms with Gasteiger partial charge in [0.05, 0.1) is 4.99 Å². The standard InChI is InChI=1S/C10H8F5NOS/c11-5-1-2-7(12)8(3-5)17-4-6(9(16)18)10(13,14)15/h1-3,6H,4H2,(H2,16,18). The molecule has 0 aromatic heterocycles. The van der Waals surface area contributed by atoms with Gasteiger partial charge in [0.2, 0.25) is 0 Å². The van der Waals surface area contributed by atoms with E-state index in [9.17, 15) is 22.0 Å². The van der Waals surface area contributed by atoms with Gasteiger partial charge in [-0.3, -0.25) is 0 Å². The number of thiocarbonyl (C=S) groups is 1. The Morgan fingerprint density at radius 3 is 2.44 bits per heavy atom. The Morgan fingerprint density at radius 2 is 1.94 bits per heavy atom. The third-order valence-corrected chi connectivity index (χ3v) is 2.32. The predicted octanol–water partition coefficient (Wildman–Crippen LogP) is 2.81. The third-order valence-electron chi connectivity index (χ3n) is 2.04. The number of halogens is 5. The van der Waals surface area contributed by atoms with Crippen LogP contribution in [0.25, 0.3) is 0 Å². The summed E-state index contributed by atoms with van der Waals surface area (Å²) in [4.78, 5) is -0.820. The molecule has 0 heterocycles. The van der Waals surface area contributed by atoms with Gasteiger partial charge in [-0.05, 0) is 12.1 Å². The second-order valence-corrected chi connectivity index (χ2v) is 3.85. The zero-order valence-electron chi connectivity index (χ0n) is 8.80. The molecule has 1 aromatic rings. The maximum Gasteiger partial charge on any atom is 0.401 e. The first-order chi connectivity index (χ1) is 8.21. The minimum atomic E-state index is -4.70. The van der Waals surface area contributed by atoms with E-state index < -0.39 is 41.1 Å². The fourth-order valence-electron chi connectivity index (χ4n) is 1.10. The molecule has 0 spiro atoms. The maximum absolute atomic E-state index is 13.1. The molecule has 0 amide bonds. The van der Waals surface area contributed by atoms with E-state index in [0.717, 1.165) is 12.1 Å². The van der Waals surface area contributed by atoms with Crippen molar-refractivity contribution in [2.45, 2.75) is 6.18 Å². The number of hydrogen-bond acceptors (Lipinski definition) is 2. The highest BCUT2D eigenvalue weighted by Gasteiger charge is 2.42. The van der Waals surface area contributed by atoms with E-state index in [2.05, 4.69) is 17.0 Å². The Labute approximate surface area is 105 Å². The Bertz CT molecular complexity index is 448. The van der Waals surface area contributed by atoms with Crippen molar-refractivity contribution < 1.29 is 26.7 Å². The molecule has 2 N–H and O–H groups in total. The lowest BCUT2D eigenvalue weighted by atomic mass is 10.1. The molecule has 2 nitrogen and oxygen atoms in total. The molecule has 1 rings (SSSR count). The highest BCUT2D eigenvalue weighted by atomic mass is 32.1. The summed E-state index contributed by atoms with van der Waals surface area (Å²) in [6.07, 6.45) is -4.70. The lowest BCUT2D eigenvalue weighted by Gasteiger charge is -2.19. The molecule has 1 aromatic carbocycles. The summed E-state index contributed by atoms with van der Waals surface area (Å²) in [5.41, 5.74) is 4.92. The molecule has 0 aliphatic heterocycles. The molecule has 0 saturated heterocycles. The van der Waals surface area contributed by atoms with Crippen LogP contribution in [0.1, 0.15) is 0 Å². The molecule has 1 unspecified atom stereocenters. The summed E-state index contributed by atoms with van der Waals surface area (Å²) in [7, 11) is 0. The number of ether oxygens (including phenoxy) is 1. The summed E-state index contributed by atoms with van der Waals surface area (Å²) in [6, 6.07) is 2.20. The summed E-state index contributed by atoms with van der Waals surface area (Å²) in [5, 5.41) is 0. The normalized spacial score (nSPS) is 13.2. The zero-order valence-corrected chi connectivity index (χ0v) is 9.62. The molecule has 1 atom stereocenters. The van der Waals surface area contributed by atoms with Gasteiger partial charge >= 0.3 is 6.18 Å². The molecule has 0 fully saturated rings. The second-order valence-electron chi connectivity index (χ2n) is 3.38. The number of alkyl halides is 3. The Hall–Kier alpha value is -1.44. The molecule has 8 heteroatoms. The minimum Gasteiger partial charge on any atom is -0.489 e. The fourth-order valence-corrected chi connectivity index (χ4v) is 1.30. The van der Waals surface area contributed by atoms with Crippen LogP contribution < -0.4 is 10.5 Å². The van der Waals surface area contributed by atoms with Gasteiger partial charge in [0, 0.05) is 6.07 Å². The molecule has 100 valence electrons. The number of hydrogen-bond donors (Lipinski definition) is 1. The second kappa shape index (κ2) is 5.47. The van der Waals surface area contributed by atoms with Crippen LogP contribution in [0, 0.1) is 17.6 Å². The largest absolute Gasteiger partial charge is 0.489 e. The van der Waals surface area contributed by atoms with Crippen molar-refractivity contribution in [3.8, 4) is 5.75 Å². The monoisotopic (exact) mass is 285 g/mol. The lowest BCUT2D eigenvalue weighted by molar-refractivity contribution is -0.161. The maximum atomic E-state index is 13.1. The first-order valence-corrected chi connectivity index (χ1v) is 5.06. The van der Waals surface area contributed by atoms with Crippen LogP contribution in [-0.2, 0) is 0 Å². The molecule has 0 bridgehead atoms. The van der Waals surface area contributed by atoms with E-state index in [0.29, 0.717) is 6.07 Å². The Morgan fingerprint density at radius 1 is 1.33 bits per heavy atom. The topological polar surface area (TPSA) is 35.2 Å². The van der Waals surface area contributed by atoms with Gasteiger partial charge in [0.15, 0.2) is 11.6 Å². The molecule has 0 aliphatic carbocycles. The van der Waals surface area contributed by atoms with E-state index >= 15 is 0 Å². The van der Waals surface area contributed by atoms with E-state index in [1.165, 1.54) is 0 Å². The predicted molar refractivity (Wildman–Crippen MR) is 58.2 cm³/mol. The molecular weight excluding hydrogens is 277 g/mol. The van der Waals surface area contributed by atoms with Crippen LogP contribution in [0.5, 0.6) is 5.75 Å². The molecule has 0 aliphatic rings. The van der Waals surface area contributed by atoms with E-state index in [1.807, 2.05) is 0 Å². The zero-order chi connectivity index (χ0) is 13.9. The van der Waals surface area contributed by atoms with Crippen LogP contribution in [-0.4, -0.2) is 17.8 Å². The number of rotatable bonds is 4.